The Kier molecular flexibility index (Phi) is 4.56. The first-order valence-corrected chi connectivity index (χ1v) is 7.50. The Hall–Kier alpha value is -1.56. The lowest BCUT2D eigenvalue weighted by molar-refractivity contribution is 0.0382. The number of carbonyl (C=O) groups is 1. The van der Waals surface area contributed by atoms with Crippen LogP contribution < -0.4 is 10.6 Å². The predicted molar refractivity (Wildman–Crippen MR) is 81.0 cm³/mol. The highest BCUT2D eigenvalue weighted by atomic mass is 16.6. The van der Waals surface area contributed by atoms with E-state index in [-0.39, 0.29) is 11.6 Å². The summed E-state index contributed by atoms with van der Waals surface area (Å²) in [4.78, 5) is 11.9. The fraction of sp³-hybridized carbons (Fsp3) is 0.733. The molecule has 0 radical (unpaired) electrons. The number of H-pyrrole nitrogens is 1. The molecule has 1 saturated carbocycles. The molecule has 1 aliphatic rings. The molecule has 118 valence electrons. The van der Waals surface area contributed by atoms with Crippen molar-refractivity contribution in [2.24, 2.45) is 0 Å². The zero-order valence-corrected chi connectivity index (χ0v) is 13.4. The fourth-order valence-electron chi connectivity index (χ4n) is 2.46. The Morgan fingerprint density at radius 1 is 1.48 bits per heavy atom. The van der Waals surface area contributed by atoms with E-state index in [1.165, 1.54) is 0 Å². The number of amides is 1. The average Bonchev–Trinajstić information content (AvgIpc) is 2.69. The van der Waals surface area contributed by atoms with E-state index in [2.05, 4.69) is 20.8 Å². The van der Waals surface area contributed by atoms with Crippen LogP contribution in [0.2, 0.25) is 0 Å². The van der Waals surface area contributed by atoms with Crippen LogP contribution >= 0.6 is 0 Å². The summed E-state index contributed by atoms with van der Waals surface area (Å²) in [5.74, 6) is 0. The summed E-state index contributed by atoms with van der Waals surface area (Å²) in [5.41, 5.74) is 1.60. The molecule has 0 saturated heterocycles. The summed E-state index contributed by atoms with van der Waals surface area (Å²) in [7, 11) is 0. The van der Waals surface area contributed by atoms with Gasteiger partial charge in [0.15, 0.2) is 0 Å². The van der Waals surface area contributed by atoms with Gasteiger partial charge in [0.05, 0.1) is 11.7 Å². The van der Waals surface area contributed by atoms with E-state index in [1.54, 1.807) is 0 Å². The Morgan fingerprint density at radius 3 is 2.67 bits per heavy atom. The Labute approximate surface area is 126 Å². The molecule has 3 N–H and O–H groups in total. The van der Waals surface area contributed by atoms with Gasteiger partial charge in [-0.15, -0.1) is 0 Å². The highest BCUT2D eigenvalue weighted by Crippen LogP contribution is 2.31. The van der Waals surface area contributed by atoms with Gasteiger partial charge in [-0.2, -0.15) is 5.10 Å². The second-order valence-electron chi connectivity index (χ2n) is 6.88. The largest absolute Gasteiger partial charge is 0.444 e. The van der Waals surface area contributed by atoms with Gasteiger partial charge < -0.3 is 15.4 Å². The molecule has 0 bridgehead atoms. The molecule has 0 atom stereocenters. The van der Waals surface area contributed by atoms with Crippen LogP contribution in [0.25, 0.3) is 0 Å². The van der Waals surface area contributed by atoms with Crippen molar-refractivity contribution in [3.63, 3.8) is 0 Å². The van der Waals surface area contributed by atoms with Gasteiger partial charge in [0.2, 0.25) is 0 Å². The number of alkyl carbamates (subject to hydrolysis) is 1. The molecule has 1 fully saturated rings. The molecule has 6 nitrogen and oxygen atoms in total. The van der Waals surface area contributed by atoms with Crippen molar-refractivity contribution in [3.05, 3.63) is 17.5 Å². The van der Waals surface area contributed by atoms with Gasteiger partial charge in [-0.1, -0.05) is 0 Å². The topological polar surface area (TPSA) is 79.0 Å². The molecule has 2 rings (SSSR count). The second kappa shape index (κ2) is 6.05. The lowest BCUT2D eigenvalue weighted by Gasteiger charge is -2.42. The molecule has 1 aromatic rings. The van der Waals surface area contributed by atoms with Crippen molar-refractivity contribution in [1.29, 1.82) is 0 Å². The number of hydrogen-bond acceptors (Lipinski definition) is 4. The monoisotopic (exact) mass is 294 g/mol. The van der Waals surface area contributed by atoms with E-state index in [4.69, 9.17) is 4.74 Å². The number of nitrogens with zero attached hydrogens (tertiary/aromatic N) is 1. The number of ether oxygens (including phenoxy) is 1. The van der Waals surface area contributed by atoms with Gasteiger partial charge >= 0.3 is 6.09 Å². The fourth-order valence-corrected chi connectivity index (χ4v) is 2.46. The van der Waals surface area contributed by atoms with Crippen LogP contribution in [-0.4, -0.2) is 34.0 Å². The van der Waals surface area contributed by atoms with Crippen LogP contribution in [0.15, 0.2) is 6.20 Å². The maximum Gasteiger partial charge on any atom is 0.408 e. The Balaban J connectivity index is 1.81. The van der Waals surface area contributed by atoms with Gasteiger partial charge in [-0.3, -0.25) is 5.10 Å². The van der Waals surface area contributed by atoms with Gasteiger partial charge in [0.1, 0.15) is 5.60 Å². The van der Waals surface area contributed by atoms with Crippen molar-refractivity contribution >= 4 is 6.09 Å². The molecular weight excluding hydrogens is 268 g/mol. The average molecular weight is 294 g/mol. The van der Waals surface area contributed by atoms with Crippen molar-refractivity contribution in [3.8, 4) is 0 Å². The molecule has 21 heavy (non-hydrogen) atoms. The number of aromatic amines is 1. The van der Waals surface area contributed by atoms with Crippen molar-refractivity contribution < 1.29 is 9.53 Å². The van der Waals surface area contributed by atoms with Crippen molar-refractivity contribution in [2.75, 3.05) is 6.54 Å². The standard InChI is InChI=1S/C15H26N4O2/c1-11-12(9-17-19-11)8-16-10-15(6-5-7-15)18-13(20)21-14(2,3)4/h9,16H,5-8,10H2,1-4H3,(H,17,19)(H,18,20). The maximum absolute atomic E-state index is 11.9. The lowest BCUT2D eigenvalue weighted by atomic mass is 9.76. The number of aryl methyl sites for hydroxylation is 1. The van der Waals surface area contributed by atoms with Crippen LogP contribution in [0.1, 0.15) is 51.3 Å². The van der Waals surface area contributed by atoms with E-state index < -0.39 is 5.60 Å². The third kappa shape index (κ3) is 4.46. The van der Waals surface area contributed by atoms with Crippen molar-refractivity contribution in [2.45, 2.75) is 64.6 Å². The molecular formula is C15H26N4O2. The van der Waals surface area contributed by atoms with Crippen LogP contribution in [0, 0.1) is 6.92 Å². The van der Waals surface area contributed by atoms with E-state index in [0.29, 0.717) is 0 Å². The molecule has 0 aromatic carbocycles. The molecule has 0 spiro atoms. The van der Waals surface area contributed by atoms with Crippen LogP contribution in [0.5, 0.6) is 0 Å². The minimum Gasteiger partial charge on any atom is -0.444 e. The summed E-state index contributed by atoms with van der Waals surface area (Å²) in [5, 5.41) is 13.4. The highest BCUT2D eigenvalue weighted by molar-refractivity contribution is 5.69. The summed E-state index contributed by atoms with van der Waals surface area (Å²) in [6, 6.07) is 0. The molecule has 1 aromatic heterocycles. The first-order valence-electron chi connectivity index (χ1n) is 7.50. The first kappa shape index (κ1) is 15.8. The van der Waals surface area contributed by atoms with Crippen LogP contribution in [-0.2, 0) is 11.3 Å². The highest BCUT2D eigenvalue weighted by Gasteiger charge is 2.39. The zero-order chi connectivity index (χ0) is 15.5. The smallest absolute Gasteiger partial charge is 0.408 e. The molecule has 0 unspecified atom stereocenters. The summed E-state index contributed by atoms with van der Waals surface area (Å²) in [6.07, 6.45) is 4.62. The minimum absolute atomic E-state index is 0.167. The third-order valence-electron chi connectivity index (χ3n) is 3.79. The molecule has 6 heteroatoms. The van der Waals surface area contributed by atoms with Gasteiger partial charge in [-0.25, -0.2) is 4.79 Å². The SMILES string of the molecule is Cc1[nH]ncc1CNCC1(NC(=O)OC(C)(C)C)CCC1. The molecule has 1 aliphatic carbocycles. The quantitative estimate of drug-likeness (QED) is 0.778. The predicted octanol–water partition coefficient (Wildman–Crippen LogP) is 2.26. The maximum atomic E-state index is 11.9. The number of rotatable bonds is 5. The summed E-state index contributed by atoms with van der Waals surface area (Å²) >= 11 is 0. The van der Waals surface area contributed by atoms with Gasteiger partial charge in [0, 0.05) is 24.3 Å². The first-order chi connectivity index (χ1) is 9.80. The number of carbonyl (C=O) groups excluding carboxylic acids is 1. The number of nitrogens with one attached hydrogen (secondary N) is 3. The second-order valence-corrected chi connectivity index (χ2v) is 6.88. The molecule has 0 aliphatic heterocycles. The normalized spacial score (nSPS) is 17.1. The minimum atomic E-state index is -0.462. The van der Waals surface area contributed by atoms with E-state index in [0.717, 1.165) is 43.6 Å². The molecule has 1 amide bonds. The number of aromatic nitrogens is 2. The van der Waals surface area contributed by atoms with E-state index in [9.17, 15) is 4.79 Å². The third-order valence-corrected chi connectivity index (χ3v) is 3.79. The Bertz CT molecular complexity index is 486. The van der Waals surface area contributed by atoms with E-state index in [1.807, 2.05) is 33.9 Å². The van der Waals surface area contributed by atoms with Crippen LogP contribution in [0.4, 0.5) is 4.79 Å². The van der Waals surface area contributed by atoms with Crippen LogP contribution in [0.3, 0.4) is 0 Å². The lowest BCUT2D eigenvalue weighted by Crippen LogP contribution is -2.59. The Morgan fingerprint density at radius 2 is 2.19 bits per heavy atom. The van der Waals surface area contributed by atoms with Crippen molar-refractivity contribution in [1.82, 2.24) is 20.8 Å². The van der Waals surface area contributed by atoms with Gasteiger partial charge in [0.25, 0.3) is 0 Å². The summed E-state index contributed by atoms with van der Waals surface area (Å²) < 4.78 is 5.35. The number of hydrogen-bond donors (Lipinski definition) is 3. The summed E-state index contributed by atoms with van der Waals surface area (Å²) in [6.45, 7) is 9.12. The zero-order valence-electron chi connectivity index (χ0n) is 13.4. The van der Waals surface area contributed by atoms with Gasteiger partial charge in [-0.05, 0) is 47.0 Å². The molecule has 1 heterocycles. The van der Waals surface area contributed by atoms with E-state index >= 15 is 0 Å².